The molecule has 3 aromatic rings. The van der Waals surface area contributed by atoms with E-state index in [4.69, 9.17) is 9.72 Å². The first-order valence-electron chi connectivity index (χ1n) is 10.7. The number of nitrogens with zero attached hydrogens (tertiary/aromatic N) is 3. The molecular weight excluding hydrogens is 393 g/mol. The summed E-state index contributed by atoms with van der Waals surface area (Å²) in [5, 5.41) is 0. The minimum Gasteiger partial charge on any atom is -0.480 e. The SMILES string of the molecule is Cc1ncc(-c2ccc(F)cc2)c([C@H]2CCCN(C(=O)[C@@H]3Cc4ccccc4O3)C2)n1. The molecule has 0 unspecified atom stereocenters. The summed E-state index contributed by atoms with van der Waals surface area (Å²) in [5.41, 5.74) is 3.79. The summed E-state index contributed by atoms with van der Waals surface area (Å²) in [4.78, 5) is 24.3. The van der Waals surface area contributed by atoms with Crippen LogP contribution in [0, 0.1) is 12.7 Å². The molecule has 1 amide bonds. The van der Waals surface area contributed by atoms with Crippen molar-refractivity contribution < 1.29 is 13.9 Å². The summed E-state index contributed by atoms with van der Waals surface area (Å²) in [6.07, 6.45) is 3.81. The molecule has 2 aliphatic heterocycles. The van der Waals surface area contributed by atoms with Crippen LogP contribution in [-0.2, 0) is 11.2 Å². The quantitative estimate of drug-likeness (QED) is 0.638. The van der Waals surface area contributed by atoms with Crippen LogP contribution in [0.5, 0.6) is 5.75 Å². The van der Waals surface area contributed by atoms with Crippen molar-refractivity contribution in [3.63, 3.8) is 0 Å². The molecule has 158 valence electrons. The zero-order chi connectivity index (χ0) is 21.4. The van der Waals surface area contributed by atoms with Crippen molar-refractivity contribution in [2.24, 2.45) is 0 Å². The molecular formula is C25H24FN3O2. The van der Waals surface area contributed by atoms with E-state index in [2.05, 4.69) is 4.98 Å². The smallest absolute Gasteiger partial charge is 0.264 e. The van der Waals surface area contributed by atoms with E-state index in [1.165, 1.54) is 12.1 Å². The van der Waals surface area contributed by atoms with Gasteiger partial charge in [-0.25, -0.2) is 14.4 Å². The van der Waals surface area contributed by atoms with Gasteiger partial charge in [-0.05, 0) is 49.1 Å². The number of piperidine rings is 1. The van der Waals surface area contributed by atoms with Crippen molar-refractivity contribution >= 4 is 5.91 Å². The van der Waals surface area contributed by atoms with Crippen LogP contribution in [0.4, 0.5) is 4.39 Å². The van der Waals surface area contributed by atoms with E-state index >= 15 is 0 Å². The van der Waals surface area contributed by atoms with Crippen molar-refractivity contribution in [2.75, 3.05) is 13.1 Å². The number of halogens is 1. The summed E-state index contributed by atoms with van der Waals surface area (Å²) >= 11 is 0. The Balaban J connectivity index is 1.38. The maximum Gasteiger partial charge on any atom is 0.264 e. The Bertz CT molecular complexity index is 1090. The van der Waals surface area contributed by atoms with Gasteiger partial charge in [-0.3, -0.25) is 4.79 Å². The third-order valence-electron chi connectivity index (χ3n) is 6.14. The molecule has 2 aromatic carbocycles. The van der Waals surface area contributed by atoms with E-state index in [0.29, 0.717) is 18.8 Å². The van der Waals surface area contributed by atoms with Crippen molar-refractivity contribution in [2.45, 2.75) is 38.2 Å². The average molecular weight is 417 g/mol. The van der Waals surface area contributed by atoms with Gasteiger partial charge in [-0.2, -0.15) is 0 Å². The van der Waals surface area contributed by atoms with Crippen molar-refractivity contribution in [1.29, 1.82) is 0 Å². The van der Waals surface area contributed by atoms with Crippen LogP contribution in [0.1, 0.15) is 35.8 Å². The number of carbonyl (C=O) groups excluding carboxylic acids is 1. The monoisotopic (exact) mass is 417 g/mol. The lowest BCUT2D eigenvalue weighted by Gasteiger charge is -2.34. The Morgan fingerprint density at radius 3 is 2.77 bits per heavy atom. The number of ether oxygens (including phenoxy) is 1. The fourth-order valence-corrected chi connectivity index (χ4v) is 4.57. The van der Waals surface area contributed by atoms with E-state index in [0.717, 1.165) is 47.5 Å². The first kappa shape index (κ1) is 19.7. The van der Waals surface area contributed by atoms with Crippen LogP contribution in [0.3, 0.4) is 0 Å². The molecule has 2 aliphatic rings. The number of para-hydroxylation sites is 1. The van der Waals surface area contributed by atoms with Gasteiger partial charge in [0, 0.05) is 37.2 Å². The molecule has 0 bridgehead atoms. The third kappa shape index (κ3) is 3.90. The molecule has 2 atom stereocenters. The van der Waals surface area contributed by atoms with Crippen molar-refractivity contribution in [1.82, 2.24) is 14.9 Å². The second kappa shape index (κ2) is 8.10. The van der Waals surface area contributed by atoms with Gasteiger partial charge in [0.2, 0.25) is 0 Å². The molecule has 1 saturated heterocycles. The molecule has 1 aromatic heterocycles. The highest BCUT2D eigenvalue weighted by Crippen LogP contribution is 2.35. The Morgan fingerprint density at radius 2 is 1.97 bits per heavy atom. The van der Waals surface area contributed by atoms with Gasteiger partial charge >= 0.3 is 0 Å². The number of benzene rings is 2. The zero-order valence-electron chi connectivity index (χ0n) is 17.4. The van der Waals surface area contributed by atoms with Crippen LogP contribution in [0.15, 0.2) is 54.7 Å². The third-order valence-corrected chi connectivity index (χ3v) is 6.14. The number of fused-ring (bicyclic) bond motifs is 1. The van der Waals surface area contributed by atoms with Crippen molar-refractivity contribution in [3.05, 3.63) is 77.6 Å². The lowest BCUT2D eigenvalue weighted by atomic mass is 9.89. The summed E-state index contributed by atoms with van der Waals surface area (Å²) in [5.74, 6) is 1.36. The summed E-state index contributed by atoms with van der Waals surface area (Å²) < 4.78 is 19.4. The standard InChI is InChI=1S/C25H24FN3O2/c1-16-27-14-21(17-8-10-20(26)11-9-17)24(28-16)19-6-4-12-29(15-19)25(30)23-13-18-5-2-3-7-22(18)31-23/h2-3,5,7-11,14,19,23H,4,6,12-13,15H2,1H3/t19-,23-/m0/s1. The fourth-order valence-electron chi connectivity index (χ4n) is 4.57. The van der Waals surface area contributed by atoms with Gasteiger partial charge in [0.25, 0.3) is 5.91 Å². The normalized spacial score (nSPS) is 20.3. The molecule has 6 heteroatoms. The molecule has 0 aliphatic carbocycles. The second-order valence-electron chi connectivity index (χ2n) is 8.26. The van der Waals surface area contributed by atoms with E-state index in [9.17, 15) is 9.18 Å². The highest BCUT2D eigenvalue weighted by Gasteiger charge is 2.35. The lowest BCUT2D eigenvalue weighted by Crippen LogP contribution is -2.46. The minimum absolute atomic E-state index is 0.0370. The molecule has 0 radical (unpaired) electrons. The number of aromatic nitrogens is 2. The minimum atomic E-state index is -0.458. The molecule has 1 fully saturated rings. The number of rotatable bonds is 3. The Hall–Kier alpha value is -3.28. The zero-order valence-corrected chi connectivity index (χ0v) is 17.4. The lowest BCUT2D eigenvalue weighted by molar-refractivity contribution is -0.139. The highest BCUT2D eigenvalue weighted by molar-refractivity contribution is 5.83. The van der Waals surface area contributed by atoms with Gasteiger partial charge in [-0.1, -0.05) is 30.3 Å². The molecule has 0 saturated carbocycles. The number of carbonyl (C=O) groups is 1. The Kier molecular flexibility index (Phi) is 5.14. The second-order valence-corrected chi connectivity index (χ2v) is 8.26. The molecule has 5 rings (SSSR count). The van der Waals surface area contributed by atoms with Gasteiger partial charge in [-0.15, -0.1) is 0 Å². The van der Waals surface area contributed by atoms with E-state index in [1.54, 1.807) is 12.1 Å². The first-order chi connectivity index (χ1) is 15.1. The van der Waals surface area contributed by atoms with E-state index in [1.807, 2.05) is 42.3 Å². The summed E-state index contributed by atoms with van der Waals surface area (Å²) in [6.45, 7) is 3.19. The first-order valence-corrected chi connectivity index (χ1v) is 10.7. The van der Waals surface area contributed by atoms with Gasteiger partial charge in [0.15, 0.2) is 6.10 Å². The van der Waals surface area contributed by atoms with Crippen LogP contribution < -0.4 is 4.74 Å². The van der Waals surface area contributed by atoms with Gasteiger partial charge in [0.1, 0.15) is 17.4 Å². The van der Waals surface area contributed by atoms with Crippen LogP contribution >= 0.6 is 0 Å². The molecule has 0 N–H and O–H groups in total. The number of hydrogen-bond donors (Lipinski definition) is 0. The molecule has 3 heterocycles. The predicted molar refractivity (Wildman–Crippen MR) is 115 cm³/mol. The maximum atomic E-state index is 13.4. The number of aryl methyl sites for hydroxylation is 1. The fraction of sp³-hybridized carbons (Fsp3) is 0.320. The van der Waals surface area contributed by atoms with Crippen LogP contribution in [-0.4, -0.2) is 40.0 Å². The topological polar surface area (TPSA) is 55.3 Å². The van der Waals surface area contributed by atoms with E-state index in [-0.39, 0.29) is 17.6 Å². The largest absolute Gasteiger partial charge is 0.480 e. The van der Waals surface area contributed by atoms with Gasteiger partial charge < -0.3 is 9.64 Å². The van der Waals surface area contributed by atoms with Crippen LogP contribution in [0.25, 0.3) is 11.1 Å². The summed E-state index contributed by atoms with van der Waals surface area (Å²) in [6, 6.07) is 14.2. The number of amides is 1. The average Bonchev–Trinajstić information content (AvgIpc) is 3.24. The maximum absolute atomic E-state index is 13.4. The summed E-state index contributed by atoms with van der Waals surface area (Å²) in [7, 11) is 0. The molecule has 0 spiro atoms. The van der Waals surface area contributed by atoms with E-state index < -0.39 is 6.10 Å². The predicted octanol–water partition coefficient (Wildman–Crippen LogP) is 4.30. The van der Waals surface area contributed by atoms with Crippen molar-refractivity contribution in [3.8, 4) is 16.9 Å². The number of likely N-dealkylation sites (tertiary alicyclic amines) is 1. The number of hydrogen-bond acceptors (Lipinski definition) is 4. The Morgan fingerprint density at radius 1 is 1.16 bits per heavy atom. The highest BCUT2D eigenvalue weighted by atomic mass is 19.1. The Labute approximate surface area is 180 Å². The van der Waals surface area contributed by atoms with Crippen LogP contribution in [0.2, 0.25) is 0 Å². The molecule has 5 nitrogen and oxygen atoms in total. The van der Waals surface area contributed by atoms with Gasteiger partial charge in [0.05, 0.1) is 5.69 Å². The molecule has 31 heavy (non-hydrogen) atoms.